The molecule has 0 radical (unpaired) electrons. The number of benzene rings is 1. The van der Waals surface area contributed by atoms with E-state index in [1.54, 1.807) is 0 Å². The molecule has 0 aliphatic carbocycles. The van der Waals surface area contributed by atoms with Crippen LogP contribution in [0.25, 0.3) is 11.5 Å². The fourth-order valence-corrected chi connectivity index (χ4v) is 2.74. The van der Waals surface area contributed by atoms with Gasteiger partial charge in [-0.15, -0.1) is 0 Å². The Bertz CT molecular complexity index is 507. The van der Waals surface area contributed by atoms with Crippen LogP contribution in [0.3, 0.4) is 0 Å². The molecule has 2 aromatic rings. The topological polar surface area (TPSA) is 26.0 Å². The summed E-state index contributed by atoms with van der Waals surface area (Å²) >= 11 is 2.33. The van der Waals surface area contributed by atoms with Gasteiger partial charge in [-0.3, -0.25) is 0 Å². The van der Waals surface area contributed by atoms with Crippen LogP contribution in [0, 0.1) is 5.92 Å². The number of alkyl halides is 1. The molecule has 102 valence electrons. The molecular weight excluding hydrogens is 349 g/mol. The first kappa shape index (κ1) is 14.6. The van der Waals surface area contributed by atoms with Crippen molar-refractivity contribution >= 4 is 22.6 Å². The molecule has 1 aromatic carbocycles. The largest absolute Gasteiger partial charge is 0.441 e. The summed E-state index contributed by atoms with van der Waals surface area (Å²) in [7, 11) is 0. The molecule has 0 unspecified atom stereocenters. The molecular formula is C16H20INO. The number of rotatable bonds is 5. The van der Waals surface area contributed by atoms with Gasteiger partial charge >= 0.3 is 0 Å². The molecule has 0 fully saturated rings. The SMILES string of the molecule is CCc1oc(-c2ccc(CC(C)C)cc2)nc1CI. The van der Waals surface area contributed by atoms with Crippen LogP contribution in [0.2, 0.25) is 0 Å². The Morgan fingerprint density at radius 3 is 2.37 bits per heavy atom. The monoisotopic (exact) mass is 369 g/mol. The lowest BCUT2D eigenvalue weighted by Gasteiger charge is -2.04. The summed E-state index contributed by atoms with van der Waals surface area (Å²) in [6.07, 6.45) is 2.02. The number of hydrogen-bond acceptors (Lipinski definition) is 2. The van der Waals surface area contributed by atoms with E-state index in [1.165, 1.54) is 5.56 Å². The molecule has 1 heterocycles. The molecule has 0 atom stereocenters. The van der Waals surface area contributed by atoms with Crippen LogP contribution in [0.4, 0.5) is 0 Å². The molecule has 3 heteroatoms. The molecule has 0 N–H and O–H groups in total. The smallest absolute Gasteiger partial charge is 0.226 e. The van der Waals surface area contributed by atoms with Gasteiger partial charge < -0.3 is 4.42 Å². The van der Waals surface area contributed by atoms with Crippen molar-refractivity contribution in [2.45, 2.75) is 38.0 Å². The number of halogens is 1. The minimum atomic E-state index is 0.685. The van der Waals surface area contributed by atoms with E-state index in [0.29, 0.717) is 5.92 Å². The van der Waals surface area contributed by atoms with Crippen molar-refractivity contribution in [1.29, 1.82) is 0 Å². The highest BCUT2D eigenvalue weighted by atomic mass is 127. The molecule has 0 aliphatic rings. The fraction of sp³-hybridized carbons (Fsp3) is 0.438. The highest BCUT2D eigenvalue weighted by molar-refractivity contribution is 14.1. The van der Waals surface area contributed by atoms with Crippen molar-refractivity contribution in [1.82, 2.24) is 4.98 Å². The van der Waals surface area contributed by atoms with Gasteiger partial charge in [0.2, 0.25) is 5.89 Å². The summed E-state index contributed by atoms with van der Waals surface area (Å²) in [4.78, 5) is 4.59. The first-order chi connectivity index (χ1) is 9.13. The molecule has 19 heavy (non-hydrogen) atoms. The quantitative estimate of drug-likeness (QED) is 0.545. The summed E-state index contributed by atoms with van der Waals surface area (Å²) in [5.74, 6) is 2.44. The Balaban J connectivity index is 2.24. The second-order valence-corrected chi connectivity index (χ2v) is 5.93. The van der Waals surface area contributed by atoms with Crippen molar-refractivity contribution in [3.05, 3.63) is 41.3 Å². The van der Waals surface area contributed by atoms with Gasteiger partial charge in [0, 0.05) is 16.4 Å². The third kappa shape index (κ3) is 3.59. The van der Waals surface area contributed by atoms with Crippen molar-refractivity contribution in [2.75, 3.05) is 0 Å². The summed E-state index contributed by atoms with van der Waals surface area (Å²) in [5.41, 5.74) is 3.51. The van der Waals surface area contributed by atoms with Gasteiger partial charge in [0.1, 0.15) is 5.76 Å². The highest BCUT2D eigenvalue weighted by Crippen LogP contribution is 2.24. The van der Waals surface area contributed by atoms with Crippen molar-refractivity contribution in [2.24, 2.45) is 5.92 Å². The van der Waals surface area contributed by atoms with Crippen LogP contribution >= 0.6 is 22.6 Å². The molecule has 0 saturated heterocycles. The van der Waals surface area contributed by atoms with Gasteiger partial charge in [-0.05, 0) is 30.0 Å². The molecule has 0 bridgehead atoms. The predicted octanol–water partition coefficient (Wildman–Crippen LogP) is 5.04. The van der Waals surface area contributed by atoms with E-state index in [-0.39, 0.29) is 0 Å². The summed E-state index contributed by atoms with van der Waals surface area (Å²) < 4.78 is 6.74. The zero-order chi connectivity index (χ0) is 13.8. The number of aryl methyl sites for hydroxylation is 1. The van der Waals surface area contributed by atoms with E-state index in [9.17, 15) is 0 Å². The van der Waals surface area contributed by atoms with Crippen LogP contribution in [0.15, 0.2) is 28.7 Å². The lowest BCUT2D eigenvalue weighted by Crippen LogP contribution is -1.93. The van der Waals surface area contributed by atoms with Crippen LogP contribution < -0.4 is 0 Å². The van der Waals surface area contributed by atoms with E-state index in [1.807, 2.05) is 0 Å². The predicted molar refractivity (Wildman–Crippen MR) is 87.6 cm³/mol. The number of nitrogens with zero attached hydrogens (tertiary/aromatic N) is 1. The summed E-state index contributed by atoms with van der Waals surface area (Å²) in [5, 5.41) is 0. The third-order valence-corrected chi connectivity index (χ3v) is 3.79. The van der Waals surface area contributed by atoms with Crippen molar-refractivity contribution in [3.63, 3.8) is 0 Å². The minimum Gasteiger partial charge on any atom is -0.441 e. The van der Waals surface area contributed by atoms with E-state index >= 15 is 0 Å². The maximum atomic E-state index is 5.85. The molecule has 2 rings (SSSR count). The van der Waals surface area contributed by atoms with Gasteiger partial charge in [0.05, 0.1) is 5.69 Å². The lowest BCUT2D eigenvalue weighted by atomic mass is 10.0. The van der Waals surface area contributed by atoms with Gasteiger partial charge in [-0.25, -0.2) is 4.98 Å². The highest BCUT2D eigenvalue weighted by Gasteiger charge is 2.12. The fourth-order valence-electron chi connectivity index (χ4n) is 2.14. The maximum Gasteiger partial charge on any atom is 0.226 e. The van der Waals surface area contributed by atoms with Crippen molar-refractivity contribution in [3.8, 4) is 11.5 Å². The van der Waals surface area contributed by atoms with Crippen LogP contribution in [-0.4, -0.2) is 4.98 Å². The third-order valence-electron chi connectivity index (χ3n) is 3.07. The molecule has 0 amide bonds. The average Bonchev–Trinajstić information content (AvgIpc) is 2.82. The van der Waals surface area contributed by atoms with Crippen LogP contribution in [-0.2, 0) is 17.3 Å². The summed E-state index contributed by atoms with van der Waals surface area (Å²) in [6, 6.07) is 8.57. The summed E-state index contributed by atoms with van der Waals surface area (Å²) in [6.45, 7) is 6.58. The van der Waals surface area contributed by atoms with Gasteiger partial charge in [0.25, 0.3) is 0 Å². The normalized spacial score (nSPS) is 11.2. The number of hydrogen-bond donors (Lipinski definition) is 0. The second-order valence-electron chi connectivity index (χ2n) is 5.17. The van der Waals surface area contributed by atoms with Gasteiger partial charge in [-0.2, -0.15) is 0 Å². The number of oxazole rings is 1. The van der Waals surface area contributed by atoms with E-state index in [4.69, 9.17) is 4.42 Å². The maximum absolute atomic E-state index is 5.85. The molecule has 0 spiro atoms. The van der Waals surface area contributed by atoms with Crippen LogP contribution in [0.1, 0.15) is 37.8 Å². The minimum absolute atomic E-state index is 0.685. The van der Waals surface area contributed by atoms with Gasteiger partial charge in [0.15, 0.2) is 0 Å². The zero-order valence-electron chi connectivity index (χ0n) is 11.7. The lowest BCUT2D eigenvalue weighted by molar-refractivity contribution is 0.522. The first-order valence-electron chi connectivity index (χ1n) is 6.77. The second kappa shape index (κ2) is 6.55. The molecule has 0 aliphatic heterocycles. The molecule has 1 aromatic heterocycles. The standard InChI is InChI=1S/C16H20INO/c1-4-15-14(10-17)18-16(19-15)13-7-5-12(6-8-13)9-11(2)3/h5-8,11H,4,9-10H2,1-3H3. The van der Waals surface area contributed by atoms with E-state index < -0.39 is 0 Å². The Morgan fingerprint density at radius 1 is 1.21 bits per heavy atom. The van der Waals surface area contributed by atoms with Gasteiger partial charge in [-0.1, -0.05) is 55.5 Å². The van der Waals surface area contributed by atoms with Crippen LogP contribution in [0.5, 0.6) is 0 Å². The molecule has 2 nitrogen and oxygen atoms in total. The Morgan fingerprint density at radius 2 is 1.89 bits per heavy atom. The molecule has 0 saturated carbocycles. The number of aromatic nitrogens is 1. The Hall–Kier alpha value is -0.840. The Labute approximate surface area is 128 Å². The van der Waals surface area contributed by atoms with E-state index in [2.05, 4.69) is 72.6 Å². The first-order valence-corrected chi connectivity index (χ1v) is 8.30. The van der Waals surface area contributed by atoms with Crippen molar-refractivity contribution < 1.29 is 4.42 Å². The average molecular weight is 369 g/mol. The zero-order valence-corrected chi connectivity index (χ0v) is 13.9. The van der Waals surface area contributed by atoms with E-state index in [0.717, 1.165) is 40.2 Å². The Kier molecular flexibility index (Phi) is 5.02.